The Kier molecular flexibility index (Phi) is 6.38. The van der Waals surface area contributed by atoms with Crippen LogP contribution < -0.4 is 5.32 Å². The number of carbonyl (C=O) groups is 1. The minimum absolute atomic E-state index is 0.186. The molecule has 3 aromatic rings. The van der Waals surface area contributed by atoms with E-state index in [1.165, 1.54) is 12.1 Å². The van der Waals surface area contributed by atoms with Crippen LogP contribution in [0.5, 0.6) is 0 Å². The van der Waals surface area contributed by atoms with Crippen molar-refractivity contribution in [2.24, 2.45) is 0 Å². The molecule has 1 heterocycles. The van der Waals surface area contributed by atoms with Gasteiger partial charge in [0.2, 0.25) is 9.84 Å². The smallest absolute Gasteiger partial charge is 0.341 e. The summed E-state index contributed by atoms with van der Waals surface area (Å²) in [6.07, 6.45) is 4.07. The molecule has 0 atom stereocenters. The number of nitrogens with zero attached hydrogens (tertiary/aromatic N) is 2. The molecule has 152 valence electrons. The highest BCUT2D eigenvalue weighted by atomic mass is 32.2. The van der Waals surface area contributed by atoms with E-state index in [4.69, 9.17) is 0 Å². The van der Waals surface area contributed by atoms with E-state index in [0.29, 0.717) is 19.5 Å². The van der Waals surface area contributed by atoms with Gasteiger partial charge in [0, 0.05) is 37.5 Å². The van der Waals surface area contributed by atoms with Crippen LogP contribution >= 0.6 is 0 Å². The van der Waals surface area contributed by atoms with Crippen molar-refractivity contribution in [1.29, 1.82) is 0 Å². The average molecular weight is 419 g/mol. The maximum atomic E-state index is 12.6. The van der Waals surface area contributed by atoms with Gasteiger partial charge >= 0.3 is 5.76 Å². The fraction of sp³-hybridized carbons (Fsp3) is 0.200. The van der Waals surface area contributed by atoms with E-state index in [1.807, 2.05) is 41.1 Å². The number of sulfone groups is 1. The predicted molar refractivity (Wildman–Crippen MR) is 103 cm³/mol. The Morgan fingerprint density at radius 2 is 1.76 bits per heavy atom. The zero-order valence-electron chi connectivity index (χ0n) is 15.3. The number of carbonyl (C=O) groups excluding carboxylic acids is 1. The normalized spacial score (nSPS) is 11.6. The van der Waals surface area contributed by atoms with Gasteiger partial charge in [0.1, 0.15) is 5.82 Å². The fourth-order valence-corrected chi connectivity index (χ4v) is 3.50. The summed E-state index contributed by atoms with van der Waals surface area (Å²) < 4.78 is 49.9. The Morgan fingerprint density at radius 3 is 2.41 bits per heavy atom. The van der Waals surface area contributed by atoms with Gasteiger partial charge in [0.05, 0.1) is 4.90 Å². The van der Waals surface area contributed by atoms with Crippen LogP contribution in [0.4, 0.5) is 8.78 Å². The number of aromatic nitrogens is 2. The van der Waals surface area contributed by atoms with Gasteiger partial charge in [-0.25, -0.2) is 13.4 Å². The monoisotopic (exact) mass is 419 g/mol. The second-order valence-electron chi connectivity index (χ2n) is 6.29. The van der Waals surface area contributed by atoms with Crippen molar-refractivity contribution >= 4 is 15.7 Å². The summed E-state index contributed by atoms with van der Waals surface area (Å²) in [5.74, 6) is -3.11. The molecule has 0 bridgehead atoms. The quantitative estimate of drug-likeness (QED) is 0.609. The van der Waals surface area contributed by atoms with Gasteiger partial charge < -0.3 is 9.88 Å². The topological polar surface area (TPSA) is 81.1 Å². The maximum Gasteiger partial charge on any atom is 0.341 e. The molecular formula is C20H19F2N3O3S. The molecule has 6 nitrogen and oxygen atoms in total. The number of benzene rings is 2. The second kappa shape index (κ2) is 8.95. The third-order valence-electron chi connectivity index (χ3n) is 4.31. The maximum absolute atomic E-state index is 12.6. The van der Waals surface area contributed by atoms with E-state index in [1.54, 1.807) is 6.20 Å². The summed E-state index contributed by atoms with van der Waals surface area (Å²) in [6.45, 7) is 0.992. The van der Waals surface area contributed by atoms with Gasteiger partial charge in [0.15, 0.2) is 0 Å². The minimum Gasteiger partial charge on any atom is -0.352 e. The van der Waals surface area contributed by atoms with Crippen LogP contribution in [0.15, 0.2) is 71.9 Å². The standard InChI is InChI=1S/C20H19F2N3O3S/c21-20(22)29(27,28)17-8-6-16(7-9-17)19(26)24-11-10-18-23-12-13-25(18)14-15-4-2-1-3-5-15/h1-9,12-13,20H,10-11,14H2,(H,24,26). The summed E-state index contributed by atoms with van der Waals surface area (Å²) >= 11 is 0. The molecule has 1 amide bonds. The van der Waals surface area contributed by atoms with E-state index < -0.39 is 26.4 Å². The van der Waals surface area contributed by atoms with Gasteiger partial charge in [-0.1, -0.05) is 30.3 Å². The van der Waals surface area contributed by atoms with Gasteiger partial charge in [0.25, 0.3) is 5.91 Å². The fourth-order valence-electron chi connectivity index (χ4n) is 2.78. The number of hydrogen-bond donors (Lipinski definition) is 1. The van der Waals surface area contributed by atoms with E-state index in [-0.39, 0.29) is 5.56 Å². The number of amides is 1. The van der Waals surface area contributed by atoms with Crippen molar-refractivity contribution in [3.63, 3.8) is 0 Å². The zero-order valence-corrected chi connectivity index (χ0v) is 16.1. The van der Waals surface area contributed by atoms with Crippen LogP contribution in [0, 0.1) is 0 Å². The van der Waals surface area contributed by atoms with E-state index in [2.05, 4.69) is 10.3 Å². The van der Waals surface area contributed by atoms with Gasteiger partial charge in [-0.05, 0) is 29.8 Å². The lowest BCUT2D eigenvalue weighted by atomic mass is 10.2. The largest absolute Gasteiger partial charge is 0.352 e. The summed E-state index contributed by atoms with van der Waals surface area (Å²) in [5, 5.41) is 2.72. The molecule has 9 heteroatoms. The van der Waals surface area contributed by atoms with Crippen molar-refractivity contribution in [3.05, 3.63) is 83.9 Å². The van der Waals surface area contributed by atoms with E-state index in [0.717, 1.165) is 23.5 Å². The molecule has 0 fully saturated rings. The van der Waals surface area contributed by atoms with Crippen LogP contribution in [0.2, 0.25) is 0 Å². The lowest BCUT2D eigenvalue weighted by Gasteiger charge is -2.09. The molecule has 0 saturated heterocycles. The zero-order chi connectivity index (χ0) is 20.9. The molecular weight excluding hydrogens is 400 g/mol. The molecule has 0 saturated carbocycles. The Hall–Kier alpha value is -3.07. The summed E-state index contributed by atoms with van der Waals surface area (Å²) in [4.78, 5) is 16.0. The van der Waals surface area contributed by atoms with E-state index >= 15 is 0 Å². The van der Waals surface area contributed by atoms with Crippen LogP contribution in [-0.4, -0.2) is 36.2 Å². The molecule has 1 N–H and O–H groups in total. The third kappa shape index (κ3) is 5.05. The first-order valence-electron chi connectivity index (χ1n) is 8.82. The van der Waals surface area contributed by atoms with Crippen LogP contribution in [0.1, 0.15) is 21.7 Å². The Morgan fingerprint density at radius 1 is 1.07 bits per heavy atom. The Bertz CT molecular complexity index is 1070. The summed E-state index contributed by atoms with van der Waals surface area (Å²) in [5.41, 5.74) is 1.32. The second-order valence-corrected chi connectivity index (χ2v) is 8.21. The summed E-state index contributed by atoms with van der Waals surface area (Å²) in [6, 6.07) is 14.3. The van der Waals surface area contributed by atoms with Gasteiger partial charge in [-0.3, -0.25) is 4.79 Å². The van der Waals surface area contributed by atoms with E-state index in [9.17, 15) is 22.0 Å². The summed E-state index contributed by atoms with van der Waals surface area (Å²) in [7, 11) is -4.67. The van der Waals surface area contributed by atoms with Crippen molar-refractivity contribution in [3.8, 4) is 0 Å². The van der Waals surface area contributed by atoms with Crippen molar-refractivity contribution in [2.75, 3.05) is 6.54 Å². The predicted octanol–water partition coefficient (Wildman–Crippen LogP) is 2.90. The van der Waals surface area contributed by atoms with Crippen LogP contribution in [0.25, 0.3) is 0 Å². The lowest BCUT2D eigenvalue weighted by molar-refractivity contribution is 0.0954. The molecule has 0 aliphatic carbocycles. The SMILES string of the molecule is O=C(NCCc1nccn1Cc1ccccc1)c1ccc(S(=O)(=O)C(F)F)cc1. The number of alkyl halides is 2. The number of halogens is 2. The molecule has 1 aromatic heterocycles. The number of rotatable bonds is 8. The molecule has 0 aliphatic heterocycles. The molecule has 2 aromatic carbocycles. The molecule has 0 spiro atoms. The van der Waals surface area contributed by atoms with Crippen molar-refractivity contribution in [1.82, 2.24) is 14.9 Å². The Labute approximate surface area is 167 Å². The molecule has 0 aliphatic rings. The molecule has 0 radical (unpaired) electrons. The highest BCUT2D eigenvalue weighted by Crippen LogP contribution is 2.18. The average Bonchev–Trinajstić information content (AvgIpc) is 3.15. The first-order valence-corrected chi connectivity index (χ1v) is 10.4. The lowest BCUT2D eigenvalue weighted by Crippen LogP contribution is -2.26. The highest BCUT2D eigenvalue weighted by Gasteiger charge is 2.26. The third-order valence-corrected chi connectivity index (χ3v) is 5.71. The number of imidazole rings is 1. The number of hydrogen-bond acceptors (Lipinski definition) is 4. The van der Waals surface area contributed by atoms with Crippen molar-refractivity contribution in [2.45, 2.75) is 23.6 Å². The molecule has 0 unspecified atom stereocenters. The first kappa shape index (κ1) is 20.7. The van der Waals surface area contributed by atoms with Crippen LogP contribution in [-0.2, 0) is 22.8 Å². The van der Waals surface area contributed by atoms with Gasteiger partial charge in [-0.15, -0.1) is 0 Å². The minimum atomic E-state index is -4.67. The number of nitrogens with one attached hydrogen (secondary N) is 1. The highest BCUT2D eigenvalue weighted by molar-refractivity contribution is 7.91. The Balaban J connectivity index is 1.56. The van der Waals surface area contributed by atoms with Gasteiger partial charge in [-0.2, -0.15) is 8.78 Å². The molecule has 29 heavy (non-hydrogen) atoms. The van der Waals surface area contributed by atoms with Crippen LogP contribution in [0.3, 0.4) is 0 Å². The molecule has 3 rings (SSSR count). The van der Waals surface area contributed by atoms with Crippen molar-refractivity contribution < 1.29 is 22.0 Å². The first-order chi connectivity index (χ1) is 13.9.